The highest BCUT2D eigenvalue weighted by atomic mass is 35.5. The van der Waals surface area contributed by atoms with E-state index < -0.39 is 0 Å². The molecule has 1 saturated carbocycles. The minimum atomic E-state index is 0.0434. The van der Waals surface area contributed by atoms with Gasteiger partial charge in [-0.1, -0.05) is 17.7 Å². The Labute approximate surface area is 193 Å². The first kappa shape index (κ1) is 21.5. The lowest BCUT2D eigenvalue weighted by molar-refractivity contribution is -0.131. The lowest BCUT2D eigenvalue weighted by Gasteiger charge is -2.35. The van der Waals surface area contributed by atoms with Gasteiger partial charge >= 0.3 is 0 Å². The molecule has 3 heterocycles. The second-order valence-electron chi connectivity index (χ2n) is 9.22. The molecule has 170 valence electrons. The summed E-state index contributed by atoms with van der Waals surface area (Å²) in [6.45, 7) is 6.94. The molecule has 32 heavy (non-hydrogen) atoms. The van der Waals surface area contributed by atoms with Gasteiger partial charge in [0.1, 0.15) is 0 Å². The molecule has 0 unspecified atom stereocenters. The van der Waals surface area contributed by atoms with E-state index in [9.17, 15) is 9.59 Å². The van der Waals surface area contributed by atoms with Crippen molar-refractivity contribution in [2.45, 2.75) is 38.5 Å². The monoisotopic (exact) mass is 455 g/mol. The molecule has 8 heteroatoms. The molecule has 2 amide bonds. The van der Waals surface area contributed by atoms with Crippen LogP contribution in [-0.4, -0.2) is 82.1 Å². The summed E-state index contributed by atoms with van der Waals surface area (Å²) in [7, 11) is 0. The number of hydrogen-bond donors (Lipinski definition) is 0. The summed E-state index contributed by atoms with van der Waals surface area (Å²) in [5, 5.41) is 5.28. The molecule has 3 aliphatic rings. The average molecular weight is 456 g/mol. The summed E-state index contributed by atoms with van der Waals surface area (Å²) >= 11 is 6.35. The smallest absolute Gasteiger partial charge is 0.257 e. The summed E-state index contributed by atoms with van der Waals surface area (Å²) in [5.74, 6) is 0.633. The van der Waals surface area contributed by atoms with E-state index in [2.05, 4.69) is 10.00 Å². The van der Waals surface area contributed by atoms with Crippen LogP contribution in [0.3, 0.4) is 0 Å². The Kier molecular flexibility index (Phi) is 5.95. The summed E-state index contributed by atoms with van der Waals surface area (Å²) in [6.07, 6.45) is 6.10. The molecule has 0 atom stereocenters. The first-order chi connectivity index (χ1) is 15.5. The second-order valence-corrected chi connectivity index (χ2v) is 9.63. The van der Waals surface area contributed by atoms with Crippen molar-refractivity contribution in [3.8, 4) is 5.69 Å². The first-order valence-corrected chi connectivity index (χ1v) is 12.0. The number of halogens is 1. The number of aryl methyl sites for hydroxylation is 1. The van der Waals surface area contributed by atoms with Gasteiger partial charge in [-0.3, -0.25) is 14.5 Å². The van der Waals surface area contributed by atoms with Crippen molar-refractivity contribution in [1.82, 2.24) is 24.5 Å². The number of piperazine rings is 1. The molecular weight excluding hydrogens is 426 g/mol. The maximum Gasteiger partial charge on any atom is 0.257 e. The predicted molar refractivity (Wildman–Crippen MR) is 123 cm³/mol. The fourth-order valence-corrected chi connectivity index (χ4v) is 4.90. The number of nitrogens with zero attached hydrogens (tertiary/aromatic N) is 5. The van der Waals surface area contributed by atoms with E-state index >= 15 is 0 Å². The van der Waals surface area contributed by atoms with E-state index in [1.807, 2.05) is 39.6 Å². The van der Waals surface area contributed by atoms with E-state index in [1.165, 1.54) is 0 Å². The topological polar surface area (TPSA) is 61.7 Å². The molecule has 1 aromatic carbocycles. The van der Waals surface area contributed by atoms with E-state index in [4.69, 9.17) is 11.6 Å². The molecule has 0 radical (unpaired) electrons. The number of likely N-dealkylation sites (tertiary alicyclic amines) is 1. The summed E-state index contributed by atoms with van der Waals surface area (Å²) in [6, 6.07) is 5.91. The number of amides is 2. The van der Waals surface area contributed by atoms with Gasteiger partial charge in [-0.05, 0) is 50.3 Å². The normalized spacial score (nSPS) is 19.6. The molecular formula is C24H30ClN5O2. The van der Waals surface area contributed by atoms with Crippen molar-refractivity contribution in [2.75, 3.05) is 45.8 Å². The Balaban J connectivity index is 1.27. The fraction of sp³-hybridized carbons (Fsp3) is 0.542. The summed E-state index contributed by atoms with van der Waals surface area (Å²) < 4.78 is 1.89. The third-order valence-electron chi connectivity index (χ3n) is 6.88. The van der Waals surface area contributed by atoms with Crippen molar-refractivity contribution < 1.29 is 9.59 Å². The van der Waals surface area contributed by atoms with Gasteiger partial charge in [-0.2, -0.15) is 5.10 Å². The lowest BCUT2D eigenvalue weighted by Crippen LogP contribution is -2.51. The maximum atomic E-state index is 13.4. The van der Waals surface area contributed by atoms with Gasteiger partial charge in [0, 0.05) is 50.2 Å². The highest BCUT2D eigenvalue weighted by molar-refractivity contribution is 6.31. The third-order valence-corrected chi connectivity index (χ3v) is 7.29. The van der Waals surface area contributed by atoms with Gasteiger partial charge in [-0.15, -0.1) is 0 Å². The van der Waals surface area contributed by atoms with Crippen molar-refractivity contribution in [2.24, 2.45) is 0 Å². The van der Waals surface area contributed by atoms with E-state index in [1.54, 1.807) is 6.20 Å². The quantitative estimate of drug-likeness (QED) is 0.695. The number of rotatable bonds is 5. The Morgan fingerprint density at radius 1 is 1.03 bits per heavy atom. The minimum Gasteiger partial charge on any atom is -0.342 e. The van der Waals surface area contributed by atoms with Crippen molar-refractivity contribution in [3.63, 3.8) is 0 Å². The molecule has 2 aromatic rings. The van der Waals surface area contributed by atoms with Gasteiger partial charge in [0.25, 0.3) is 5.91 Å². The molecule has 0 N–H and O–H groups in total. The molecule has 0 spiro atoms. The molecule has 1 aliphatic carbocycles. The van der Waals surface area contributed by atoms with Crippen molar-refractivity contribution in [3.05, 3.63) is 46.2 Å². The molecule has 0 bridgehead atoms. The van der Waals surface area contributed by atoms with Gasteiger partial charge in [0.15, 0.2) is 0 Å². The highest BCUT2D eigenvalue weighted by Crippen LogP contribution is 2.43. The molecule has 2 saturated heterocycles. The van der Waals surface area contributed by atoms with Crippen LogP contribution < -0.4 is 0 Å². The van der Waals surface area contributed by atoms with Gasteiger partial charge in [0.05, 0.1) is 29.7 Å². The molecule has 7 nitrogen and oxygen atoms in total. The standard InChI is InChI=1S/C24H30ClN5O2/c1-17-4-7-19(14-21(17)25)30-23(18-5-6-18)20(15-26-30)24(32)29-12-10-27(11-13-29)16-22(31)28-8-2-3-9-28/h4,7,14-15,18H,2-3,5-6,8-13,16H2,1H3. The van der Waals surface area contributed by atoms with Crippen LogP contribution >= 0.6 is 11.6 Å². The van der Waals surface area contributed by atoms with Crippen LogP contribution in [0, 0.1) is 6.92 Å². The third kappa shape index (κ3) is 4.28. The Morgan fingerprint density at radius 3 is 2.41 bits per heavy atom. The van der Waals surface area contributed by atoms with E-state index in [0.717, 1.165) is 68.8 Å². The Hall–Kier alpha value is -2.38. The predicted octanol–water partition coefficient (Wildman–Crippen LogP) is 3.09. The zero-order chi connectivity index (χ0) is 22.2. The zero-order valence-corrected chi connectivity index (χ0v) is 19.4. The molecule has 2 aliphatic heterocycles. The lowest BCUT2D eigenvalue weighted by atomic mass is 10.1. The van der Waals surface area contributed by atoms with Crippen LogP contribution in [0.2, 0.25) is 5.02 Å². The van der Waals surface area contributed by atoms with Crippen LogP contribution in [0.25, 0.3) is 5.69 Å². The largest absolute Gasteiger partial charge is 0.342 e. The van der Waals surface area contributed by atoms with Crippen molar-refractivity contribution >= 4 is 23.4 Å². The van der Waals surface area contributed by atoms with Crippen LogP contribution in [0.5, 0.6) is 0 Å². The SMILES string of the molecule is Cc1ccc(-n2ncc(C(=O)N3CCN(CC(=O)N4CCCC4)CC3)c2C2CC2)cc1Cl. The summed E-state index contributed by atoms with van der Waals surface area (Å²) in [5.41, 5.74) is 3.62. The molecule has 1 aromatic heterocycles. The van der Waals surface area contributed by atoms with Crippen molar-refractivity contribution in [1.29, 1.82) is 0 Å². The van der Waals surface area contributed by atoms with Gasteiger partial charge < -0.3 is 9.80 Å². The molecule has 5 rings (SSSR count). The van der Waals surface area contributed by atoms with Crippen LogP contribution in [-0.2, 0) is 4.79 Å². The fourth-order valence-electron chi connectivity index (χ4n) is 4.73. The highest BCUT2D eigenvalue weighted by Gasteiger charge is 2.35. The van der Waals surface area contributed by atoms with Crippen LogP contribution in [0.1, 0.15) is 53.2 Å². The van der Waals surface area contributed by atoms with Crippen LogP contribution in [0.15, 0.2) is 24.4 Å². The first-order valence-electron chi connectivity index (χ1n) is 11.6. The second kappa shape index (κ2) is 8.87. The zero-order valence-electron chi connectivity index (χ0n) is 18.6. The number of carbonyl (C=O) groups excluding carboxylic acids is 2. The van der Waals surface area contributed by atoms with E-state index in [0.29, 0.717) is 36.1 Å². The number of hydrogen-bond acceptors (Lipinski definition) is 4. The minimum absolute atomic E-state index is 0.0434. The maximum absolute atomic E-state index is 13.4. The average Bonchev–Trinajstić information content (AvgIpc) is 3.30. The van der Waals surface area contributed by atoms with Crippen LogP contribution in [0.4, 0.5) is 0 Å². The number of aromatic nitrogens is 2. The van der Waals surface area contributed by atoms with E-state index in [-0.39, 0.29) is 11.8 Å². The Bertz CT molecular complexity index is 1020. The molecule has 3 fully saturated rings. The Morgan fingerprint density at radius 2 is 1.75 bits per heavy atom. The number of benzene rings is 1. The van der Waals surface area contributed by atoms with Gasteiger partial charge in [0.2, 0.25) is 5.91 Å². The number of carbonyl (C=O) groups is 2. The summed E-state index contributed by atoms with van der Waals surface area (Å²) in [4.78, 5) is 31.9. The van der Waals surface area contributed by atoms with Gasteiger partial charge in [-0.25, -0.2) is 4.68 Å².